The maximum atomic E-state index is 12.1. The van der Waals surface area contributed by atoms with Crippen molar-refractivity contribution in [2.45, 2.75) is 6.42 Å². The summed E-state index contributed by atoms with van der Waals surface area (Å²) in [6.07, 6.45) is 3.44. The van der Waals surface area contributed by atoms with Crippen LogP contribution in [0.4, 0.5) is 0 Å². The molecule has 1 aromatic rings. The lowest BCUT2D eigenvalue weighted by molar-refractivity contribution is 0.0692. The molecule has 114 valence electrons. The SMILES string of the molecule is COCCOCCNC(=O)c1ccncc1C#CCCO. The molecule has 0 atom stereocenters. The van der Waals surface area contributed by atoms with Gasteiger partial charge in [0.2, 0.25) is 0 Å². The minimum Gasteiger partial charge on any atom is -0.395 e. The Morgan fingerprint density at radius 1 is 1.43 bits per heavy atom. The molecule has 0 aromatic carbocycles. The molecule has 0 bridgehead atoms. The van der Waals surface area contributed by atoms with Crippen molar-refractivity contribution in [3.63, 3.8) is 0 Å². The van der Waals surface area contributed by atoms with Crippen LogP contribution in [0.1, 0.15) is 22.3 Å². The third-order valence-electron chi connectivity index (χ3n) is 2.49. The van der Waals surface area contributed by atoms with E-state index in [9.17, 15) is 4.79 Å². The van der Waals surface area contributed by atoms with E-state index in [0.717, 1.165) is 0 Å². The van der Waals surface area contributed by atoms with Crippen LogP contribution in [0.5, 0.6) is 0 Å². The van der Waals surface area contributed by atoms with Crippen LogP contribution in [0.25, 0.3) is 0 Å². The average molecular weight is 292 g/mol. The van der Waals surface area contributed by atoms with Crippen molar-refractivity contribution in [3.8, 4) is 11.8 Å². The highest BCUT2D eigenvalue weighted by molar-refractivity contribution is 5.96. The number of aromatic nitrogens is 1. The van der Waals surface area contributed by atoms with Gasteiger partial charge in [0.1, 0.15) is 0 Å². The molecule has 0 spiro atoms. The minimum absolute atomic E-state index is 0.00634. The van der Waals surface area contributed by atoms with Crippen LogP contribution in [0, 0.1) is 11.8 Å². The zero-order valence-electron chi connectivity index (χ0n) is 12.1. The van der Waals surface area contributed by atoms with Crippen molar-refractivity contribution < 1.29 is 19.4 Å². The molecular formula is C15H20N2O4. The number of amides is 1. The molecule has 1 aromatic heterocycles. The molecule has 0 aliphatic rings. The summed E-state index contributed by atoms with van der Waals surface area (Å²) in [5, 5.41) is 11.5. The van der Waals surface area contributed by atoms with E-state index in [-0.39, 0.29) is 12.5 Å². The van der Waals surface area contributed by atoms with Gasteiger partial charge in [-0.2, -0.15) is 0 Å². The van der Waals surface area contributed by atoms with E-state index in [1.54, 1.807) is 19.4 Å². The number of carbonyl (C=O) groups excluding carboxylic acids is 1. The molecule has 2 N–H and O–H groups in total. The summed E-state index contributed by atoms with van der Waals surface area (Å²) in [7, 11) is 1.61. The highest BCUT2D eigenvalue weighted by atomic mass is 16.5. The number of hydrogen-bond donors (Lipinski definition) is 2. The summed E-state index contributed by atoms with van der Waals surface area (Å²) >= 11 is 0. The molecule has 1 rings (SSSR count). The highest BCUT2D eigenvalue weighted by Gasteiger charge is 2.09. The van der Waals surface area contributed by atoms with Crippen LogP contribution in [0.15, 0.2) is 18.5 Å². The zero-order valence-corrected chi connectivity index (χ0v) is 12.1. The van der Waals surface area contributed by atoms with Crippen LogP contribution in [-0.4, -0.2) is 56.1 Å². The van der Waals surface area contributed by atoms with Crippen molar-refractivity contribution in [1.82, 2.24) is 10.3 Å². The largest absolute Gasteiger partial charge is 0.395 e. The van der Waals surface area contributed by atoms with E-state index in [0.29, 0.717) is 43.9 Å². The van der Waals surface area contributed by atoms with E-state index in [4.69, 9.17) is 14.6 Å². The topological polar surface area (TPSA) is 80.7 Å². The number of nitrogens with one attached hydrogen (secondary N) is 1. The summed E-state index contributed by atoms with van der Waals surface area (Å²) in [6.45, 7) is 1.86. The number of pyridine rings is 1. The molecule has 0 saturated heterocycles. The molecule has 0 aliphatic carbocycles. The second kappa shape index (κ2) is 10.8. The van der Waals surface area contributed by atoms with Gasteiger partial charge in [0.25, 0.3) is 5.91 Å². The van der Waals surface area contributed by atoms with E-state index in [1.807, 2.05) is 0 Å². The number of aliphatic hydroxyl groups is 1. The number of aliphatic hydroxyl groups excluding tert-OH is 1. The lowest BCUT2D eigenvalue weighted by Gasteiger charge is -2.07. The van der Waals surface area contributed by atoms with Gasteiger partial charge >= 0.3 is 0 Å². The van der Waals surface area contributed by atoms with Crippen molar-refractivity contribution in [3.05, 3.63) is 29.6 Å². The van der Waals surface area contributed by atoms with Gasteiger partial charge in [0.15, 0.2) is 0 Å². The minimum atomic E-state index is -0.221. The summed E-state index contributed by atoms with van der Waals surface area (Å²) < 4.78 is 10.1. The van der Waals surface area contributed by atoms with Crippen LogP contribution in [0.3, 0.4) is 0 Å². The lowest BCUT2D eigenvalue weighted by atomic mass is 10.1. The van der Waals surface area contributed by atoms with E-state index < -0.39 is 0 Å². The van der Waals surface area contributed by atoms with Gasteiger partial charge in [0, 0.05) is 32.5 Å². The standard InChI is InChI=1S/C15H20N2O4/c1-20-10-11-21-9-7-17-15(19)14-5-6-16-12-13(14)4-2-3-8-18/h5-6,12,18H,3,7-11H2,1H3,(H,17,19). The number of nitrogens with zero attached hydrogens (tertiary/aromatic N) is 1. The zero-order chi connectivity index (χ0) is 15.3. The Kier molecular flexibility index (Phi) is 8.80. The van der Waals surface area contributed by atoms with Crippen molar-refractivity contribution >= 4 is 5.91 Å². The quantitative estimate of drug-likeness (QED) is 0.529. The number of rotatable bonds is 8. The van der Waals surface area contributed by atoms with Gasteiger partial charge in [-0.3, -0.25) is 9.78 Å². The fourth-order valence-corrected chi connectivity index (χ4v) is 1.48. The average Bonchev–Trinajstić information content (AvgIpc) is 2.51. The Hall–Kier alpha value is -1.94. The molecule has 0 aliphatic heterocycles. The molecule has 6 nitrogen and oxygen atoms in total. The van der Waals surface area contributed by atoms with Crippen LogP contribution >= 0.6 is 0 Å². The lowest BCUT2D eigenvalue weighted by Crippen LogP contribution is -2.28. The Balaban J connectivity index is 2.48. The molecule has 0 unspecified atom stereocenters. The molecular weight excluding hydrogens is 272 g/mol. The molecule has 0 fully saturated rings. The van der Waals surface area contributed by atoms with Gasteiger partial charge in [-0.05, 0) is 6.07 Å². The molecule has 1 amide bonds. The van der Waals surface area contributed by atoms with E-state index in [1.165, 1.54) is 6.20 Å². The first kappa shape index (κ1) is 17.1. The third kappa shape index (κ3) is 6.86. The maximum Gasteiger partial charge on any atom is 0.252 e. The van der Waals surface area contributed by atoms with Gasteiger partial charge < -0.3 is 19.9 Å². The monoisotopic (exact) mass is 292 g/mol. The van der Waals surface area contributed by atoms with Gasteiger partial charge in [-0.25, -0.2) is 0 Å². The van der Waals surface area contributed by atoms with E-state index >= 15 is 0 Å². The number of methoxy groups -OCH3 is 1. The maximum absolute atomic E-state index is 12.1. The Bertz CT molecular complexity index is 494. The Labute approximate surface area is 124 Å². The summed E-state index contributed by atoms with van der Waals surface area (Å²) in [4.78, 5) is 16.0. The molecule has 0 radical (unpaired) electrons. The number of hydrogen-bond acceptors (Lipinski definition) is 5. The first-order valence-electron chi connectivity index (χ1n) is 6.68. The first-order chi connectivity index (χ1) is 10.3. The van der Waals surface area contributed by atoms with Crippen molar-refractivity contribution in [1.29, 1.82) is 0 Å². The number of carbonyl (C=O) groups is 1. The van der Waals surface area contributed by atoms with Crippen LogP contribution in [-0.2, 0) is 9.47 Å². The van der Waals surface area contributed by atoms with Crippen LogP contribution in [0.2, 0.25) is 0 Å². The van der Waals surface area contributed by atoms with E-state index in [2.05, 4.69) is 22.1 Å². The first-order valence-corrected chi connectivity index (χ1v) is 6.68. The smallest absolute Gasteiger partial charge is 0.252 e. The fourth-order valence-electron chi connectivity index (χ4n) is 1.48. The Morgan fingerprint density at radius 3 is 3.05 bits per heavy atom. The number of ether oxygens (including phenoxy) is 2. The Morgan fingerprint density at radius 2 is 2.29 bits per heavy atom. The summed E-state index contributed by atoms with van der Waals surface area (Å²) in [5.41, 5.74) is 1.01. The second-order valence-electron chi connectivity index (χ2n) is 4.06. The summed E-state index contributed by atoms with van der Waals surface area (Å²) in [6, 6.07) is 1.62. The van der Waals surface area contributed by atoms with Crippen molar-refractivity contribution in [2.24, 2.45) is 0 Å². The normalized spacial score (nSPS) is 9.81. The highest BCUT2D eigenvalue weighted by Crippen LogP contribution is 2.05. The fraction of sp³-hybridized carbons (Fsp3) is 0.467. The molecule has 0 saturated carbocycles. The summed E-state index contributed by atoms with van der Waals surface area (Å²) in [5.74, 6) is 5.39. The van der Waals surface area contributed by atoms with Crippen molar-refractivity contribution in [2.75, 3.05) is 40.1 Å². The van der Waals surface area contributed by atoms with Gasteiger partial charge in [0.05, 0.1) is 37.6 Å². The molecule has 6 heteroatoms. The van der Waals surface area contributed by atoms with Crippen LogP contribution < -0.4 is 5.32 Å². The third-order valence-corrected chi connectivity index (χ3v) is 2.49. The van der Waals surface area contributed by atoms with Gasteiger partial charge in [-0.1, -0.05) is 11.8 Å². The second-order valence-corrected chi connectivity index (χ2v) is 4.06. The molecule has 21 heavy (non-hydrogen) atoms. The molecule has 1 heterocycles. The predicted octanol–water partition coefficient (Wildman–Crippen LogP) is 0.208. The predicted molar refractivity (Wildman–Crippen MR) is 77.8 cm³/mol. The van der Waals surface area contributed by atoms with Gasteiger partial charge in [-0.15, -0.1) is 0 Å².